The highest BCUT2D eigenvalue weighted by atomic mass is 28.3. The van der Waals surface area contributed by atoms with Crippen molar-refractivity contribution in [2.75, 3.05) is 21.1 Å². The van der Waals surface area contributed by atoms with Crippen LogP contribution in [0.5, 0.6) is 0 Å². The summed E-state index contributed by atoms with van der Waals surface area (Å²) in [6.07, 6.45) is 36.3. The van der Waals surface area contributed by atoms with Gasteiger partial charge < -0.3 is 0 Å². The molecule has 4 aliphatic carbocycles. The van der Waals surface area contributed by atoms with Crippen LogP contribution in [-0.2, 0) is 16.2 Å². The molecular formula is C53H93N2Si+. The van der Waals surface area contributed by atoms with Gasteiger partial charge in [0.05, 0.1) is 26.7 Å². The van der Waals surface area contributed by atoms with Crippen molar-refractivity contribution in [3.05, 3.63) is 52.1 Å². The van der Waals surface area contributed by atoms with Crippen LogP contribution < -0.4 is 0 Å². The second-order valence-electron chi connectivity index (χ2n) is 23.4. The first-order chi connectivity index (χ1) is 26.2. The van der Waals surface area contributed by atoms with Crippen LogP contribution in [0.25, 0.3) is 5.57 Å². The average Bonchev–Trinajstić information content (AvgIpc) is 3.63. The molecule has 1 saturated carbocycles. The van der Waals surface area contributed by atoms with E-state index < -0.39 is 8.24 Å². The van der Waals surface area contributed by atoms with E-state index in [1.54, 1.807) is 33.4 Å². The second kappa shape index (κ2) is 18.2. The first-order valence-electron chi connectivity index (χ1n) is 24.5. The Morgan fingerprint density at radius 3 is 1.57 bits per heavy atom. The topological polar surface area (TPSA) is 3.24 Å². The van der Waals surface area contributed by atoms with Gasteiger partial charge in [-0.15, -0.1) is 0 Å². The van der Waals surface area contributed by atoms with Crippen molar-refractivity contribution in [3.8, 4) is 0 Å². The molecule has 56 heavy (non-hydrogen) atoms. The van der Waals surface area contributed by atoms with Gasteiger partial charge in [-0.3, -0.25) is 4.59 Å². The average molecular weight is 786 g/mol. The van der Waals surface area contributed by atoms with Gasteiger partial charge >= 0.3 is 0 Å². The molecule has 0 heterocycles. The number of fused-ring (bicyclic) bond motifs is 5. The minimum absolute atomic E-state index is 0.133. The third kappa shape index (κ3) is 9.72. The maximum Gasteiger partial charge on any atom is 0.191 e. The lowest BCUT2D eigenvalue weighted by molar-refractivity contribution is -0.978. The minimum atomic E-state index is -1.88. The van der Waals surface area contributed by atoms with E-state index in [2.05, 4.69) is 126 Å². The van der Waals surface area contributed by atoms with Crippen molar-refractivity contribution in [2.45, 2.75) is 244 Å². The quantitative estimate of drug-likeness (QED) is 0.0519. The summed E-state index contributed by atoms with van der Waals surface area (Å²) in [4.78, 5) is 0. The Labute approximate surface area is 350 Å². The predicted molar refractivity (Wildman–Crippen MR) is 251 cm³/mol. The zero-order chi connectivity index (χ0) is 41.2. The van der Waals surface area contributed by atoms with Gasteiger partial charge in [0.1, 0.15) is 0 Å². The van der Waals surface area contributed by atoms with Gasteiger partial charge in [-0.2, -0.15) is 4.67 Å². The van der Waals surface area contributed by atoms with E-state index in [-0.39, 0.29) is 21.8 Å². The Balaban J connectivity index is 1.59. The fourth-order valence-electron chi connectivity index (χ4n) is 13.4. The third-order valence-corrected chi connectivity index (χ3v) is 20.6. The molecule has 318 valence electrons. The molecular weight excluding hydrogens is 693 g/mol. The summed E-state index contributed by atoms with van der Waals surface area (Å²) < 4.78 is 3.90. The first kappa shape index (κ1) is 45.9. The molecule has 1 fully saturated rings. The Morgan fingerprint density at radius 1 is 0.643 bits per heavy atom. The molecule has 0 bridgehead atoms. The van der Waals surface area contributed by atoms with Crippen LogP contribution >= 0.6 is 0 Å². The molecule has 0 N–H and O–H groups in total. The van der Waals surface area contributed by atoms with Gasteiger partial charge in [0.25, 0.3) is 0 Å². The van der Waals surface area contributed by atoms with Crippen LogP contribution in [0.1, 0.15) is 226 Å². The minimum Gasteiger partial charge on any atom is -0.257 e. The van der Waals surface area contributed by atoms with Gasteiger partial charge in [-0.05, 0) is 114 Å². The fourth-order valence-corrected chi connectivity index (χ4v) is 19.2. The molecule has 1 aromatic carbocycles. The number of nitrogens with zero attached hydrogens (tertiary/aromatic N) is 2. The van der Waals surface area contributed by atoms with E-state index in [9.17, 15) is 0 Å². The zero-order valence-corrected chi connectivity index (χ0v) is 41.0. The SMILES string of the molecule is CCCCCCCCCCC1(CCCCCCCCCC)C2=CC3C(C=C2c2cc4c(cc21)C(C)(C)CCC4(C)C)CCC3[Si](C)(C)N(C(C)(C)C)[N+](C)(C)C. The number of quaternary nitrogens is 1. The standard InChI is InChI=1S/C53H93N2Si/c1-15-17-19-21-23-25-27-29-33-53(34-30-28-26-24-22-20-18-16-2)45-38-42-41(31-32-49(42)56(13,14)54(50(3,4)5)55(10,11)12)37-43(45)44-39-47-48(40-46(44)53)52(8,9)36-35-51(47,6)7/h37-42,49H,15-36H2,1-14H3/q+1. The van der Waals surface area contributed by atoms with Crippen LogP contribution in [-0.4, -0.2) is 44.2 Å². The summed E-state index contributed by atoms with van der Waals surface area (Å²) in [5.41, 5.74) is 11.7. The van der Waals surface area contributed by atoms with E-state index in [0.717, 1.165) is 10.1 Å². The van der Waals surface area contributed by atoms with Crippen LogP contribution in [0, 0.1) is 11.8 Å². The molecule has 4 aliphatic rings. The summed E-state index contributed by atoms with van der Waals surface area (Å²) in [6.45, 7) is 27.8. The highest BCUT2D eigenvalue weighted by Gasteiger charge is 2.57. The van der Waals surface area contributed by atoms with E-state index >= 15 is 0 Å². The van der Waals surface area contributed by atoms with Gasteiger partial charge in [0, 0.05) is 5.41 Å². The molecule has 1 aromatic rings. The highest BCUT2D eigenvalue weighted by Crippen LogP contribution is 2.63. The van der Waals surface area contributed by atoms with E-state index in [1.165, 1.54) is 141 Å². The molecule has 2 nitrogen and oxygen atoms in total. The van der Waals surface area contributed by atoms with Crippen LogP contribution in [0.15, 0.2) is 29.9 Å². The maximum atomic E-state index is 3.01. The van der Waals surface area contributed by atoms with Crippen molar-refractivity contribution in [1.29, 1.82) is 0 Å². The molecule has 3 heteroatoms. The Bertz CT molecular complexity index is 1470. The van der Waals surface area contributed by atoms with Crippen molar-refractivity contribution >= 4 is 13.8 Å². The number of unbranched alkanes of at least 4 members (excludes halogenated alkanes) is 14. The van der Waals surface area contributed by atoms with E-state index in [1.807, 2.05) is 0 Å². The largest absolute Gasteiger partial charge is 0.257 e. The second-order valence-corrected chi connectivity index (χ2v) is 27.9. The Hall–Kier alpha value is -1.16. The lowest BCUT2D eigenvalue weighted by Gasteiger charge is -2.55. The monoisotopic (exact) mass is 786 g/mol. The van der Waals surface area contributed by atoms with Crippen LogP contribution in [0.4, 0.5) is 0 Å². The van der Waals surface area contributed by atoms with Gasteiger partial charge in [-0.25, -0.2) is 0 Å². The van der Waals surface area contributed by atoms with Gasteiger partial charge in [0.2, 0.25) is 0 Å². The molecule has 0 radical (unpaired) electrons. The Kier molecular flexibility index (Phi) is 14.9. The van der Waals surface area contributed by atoms with Crippen molar-refractivity contribution < 1.29 is 4.59 Å². The Morgan fingerprint density at radius 2 is 1.11 bits per heavy atom. The van der Waals surface area contributed by atoms with E-state index in [4.69, 9.17) is 0 Å². The smallest absolute Gasteiger partial charge is 0.191 e. The molecule has 3 unspecified atom stereocenters. The highest BCUT2D eigenvalue weighted by molar-refractivity contribution is 6.76. The summed E-state index contributed by atoms with van der Waals surface area (Å²) in [5, 5.41) is 0. The van der Waals surface area contributed by atoms with Crippen molar-refractivity contribution in [3.63, 3.8) is 0 Å². The number of hydrogen-bond acceptors (Lipinski definition) is 1. The molecule has 0 aromatic heterocycles. The molecule has 0 aliphatic heterocycles. The van der Waals surface area contributed by atoms with E-state index in [0.29, 0.717) is 11.8 Å². The van der Waals surface area contributed by atoms with Crippen molar-refractivity contribution in [1.82, 2.24) is 4.67 Å². The molecule has 0 spiro atoms. The van der Waals surface area contributed by atoms with Crippen LogP contribution in [0.3, 0.4) is 0 Å². The zero-order valence-electron chi connectivity index (χ0n) is 40.0. The summed E-state index contributed by atoms with van der Waals surface area (Å²) >= 11 is 0. The lowest BCUT2D eigenvalue weighted by Crippen LogP contribution is -2.71. The molecule has 5 rings (SSSR count). The van der Waals surface area contributed by atoms with Gasteiger partial charge in [0.15, 0.2) is 8.24 Å². The summed E-state index contributed by atoms with van der Waals surface area (Å²) in [7, 11) is 5.42. The number of hydrogen-bond donors (Lipinski definition) is 0. The summed E-state index contributed by atoms with van der Waals surface area (Å²) in [5.74, 6) is 1.34. The lowest BCUT2D eigenvalue weighted by atomic mass is 9.61. The predicted octanol–water partition coefficient (Wildman–Crippen LogP) is 16.0. The molecule has 0 saturated heterocycles. The molecule has 0 amide bonds. The normalized spacial score (nSPS) is 23.7. The number of rotatable bonds is 21. The van der Waals surface area contributed by atoms with Crippen molar-refractivity contribution in [2.24, 2.45) is 11.8 Å². The fraction of sp³-hybridized carbons (Fsp3) is 0.811. The number of benzene rings is 1. The first-order valence-corrected chi connectivity index (χ1v) is 27.5. The molecule has 3 atom stereocenters. The van der Waals surface area contributed by atoms with Gasteiger partial charge in [-0.1, -0.05) is 188 Å². The maximum absolute atomic E-state index is 3.01. The summed E-state index contributed by atoms with van der Waals surface area (Å²) in [6, 6.07) is 5.64. The van der Waals surface area contributed by atoms with Crippen LogP contribution in [0.2, 0.25) is 18.6 Å². The number of allylic oxidation sites excluding steroid dienone is 4. The third-order valence-electron chi connectivity index (χ3n) is 15.7.